The first-order valence-corrected chi connectivity index (χ1v) is 9.91. The van der Waals surface area contributed by atoms with Crippen molar-refractivity contribution in [1.29, 1.82) is 0 Å². The Balaban J connectivity index is 2.16. The molecule has 1 nitrogen and oxygen atoms in total. The average molecular weight is 395 g/mol. The highest BCUT2D eigenvalue weighted by molar-refractivity contribution is 7.98. The minimum Gasteiger partial charge on any atom is -0.241 e. The van der Waals surface area contributed by atoms with Gasteiger partial charge in [-0.2, -0.15) is 13.2 Å². The van der Waals surface area contributed by atoms with Crippen LogP contribution in [0.5, 0.6) is 0 Å². The second-order valence-corrected chi connectivity index (χ2v) is 7.13. The Morgan fingerprint density at radius 3 is 1.86 bits per heavy atom. The summed E-state index contributed by atoms with van der Waals surface area (Å²) in [6.45, 7) is 0. The zero-order valence-electron chi connectivity index (χ0n) is 15.0. The first-order valence-electron chi connectivity index (χ1n) is 8.69. The number of nitrogens with zero attached hydrogens (tertiary/aromatic N) is 1. The molecule has 0 fully saturated rings. The lowest BCUT2D eigenvalue weighted by atomic mass is 9.92. The van der Waals surface area contributed by atoms with Crippen LogP contribution in [-0.4, -0.2) is 11.2 Å². The molecule has 0 amide bonds. The van der Waals surface area contributed by atoms with Gasteiger partial charge >= 0.3 is 6.18 Å². The quantitative estimate of drug-likeness (QED) is 0.337. The van der Waals surface area contributed by atoms with Gasteiger partial charge in [-0.15, -0.1) is 11.8 Å². The van der Waals surface area contributed by atoms with Crippen LogP contribution in [0.1, 0.15) is 5.56 Å². The number of aromatic nitrogens is 1. The van der Waals surface area contributed by atoms with E-state index in [9.17, 15) is 13.2 Å². The van der Waals surface area contributed by atoms with Gasteiger partial charge in [0.15, 0.2) is 0 Å². The van der Waals surface area contributed by atoms with E-state index in [1.165, 1.54) is 23.9 Å². The van der Waals surface area contributed by atoms with Gasteiger partial charge in [-0.25, -0.2) is 4.98 Å². The van der Waals surface area contributed by atoms with Crippen molar-refractivity contribution in [1.82, 2.24) is 4.98 Å². The highest BCUT2D eigenvalue weighted by atomic mass is 32.2. The largest absolute Gasteiger partial charge is 0.416 e. The fourth-order valence-corrected chi connectivity index (χ4v) is 3.96. The van der Waals surface area contributed by atoms with E-state index in [2.05, 4.69) is 4.98 Å². The molecule has 0 aliphatic heterocycles. The van der Waals surface area contributed by atoms with Gasteiger partial charge in [0.2, 0.25) is 0 Å². The number of rotatable bonds is 3. The molecule has 1 heterocycles. The van der Waals surface area contributed by atoms with E-state index in [-0.39, 0.29) is 0 Å². The second kappa shape index (κ2) is 7.32. The van der Waals surface area contributed by atoms with E-state index in [4.69, 9.17) is 0 Å². The van der Waals surface area contributed by atoms with Gasteiger partial charge in [-0.3, -0.25) is 0 Å². The molecule has 0 unspecified atom stereocenters. The Morgan fingerprint density at radius 1 is 0.750 bits per heavy atom. The van der Waals surface area contributed by atoms with Crippen molar-refractivity contribution >= 4 is 22.7 Å². The maximum absolute atomic E-state index is 13.4. The zero-order valence-corrected chi connectivity index (χ0v) is 15.8. The van der Waals surface area contributed by atoms with Crippen LogP contribution < -0.4 is 0 Å². The molecular formula is C23H16F3NS. The van der Waals surface area contributed by atoms with Crippen molar-refractivity contribution in [3.8, 4) is 22.3 Å². The topological polar surface area (TPSA) is 12.9 Å². The van der Waals surface area contributed by atoms with E-state index < -0.39 is 11.7 Å². The summed E-state index contributed by atoms with van der Waals surface area (Å²) in [4.78, 5) is 4.67. The first kappa shape index (κ1) is 18.6. The molecule has 5 heteroatoms. The smallest absolute Gasteiger partial charge is 0.241 e. The Kier molecular flexibility index (Phi) is 4.85. The summed E-state index contributed by atoms with van der Waals surface area (Å²) in [5, 5.41) is 1.29. The number of hydrogen-bond acceptors (Lipinski definition) is 2. The third kappa shape index (κ3) is 3.38. The third-order valence-electron chi connectivity index (χ3n) is 4.60. The Labute approximate surface area is 165 Å². The molecule has 0 N–H and O–H groups in total. The summed E-state index contributed by atoms with van der Waals surface area (Å²) >= 11 is 1.49. The molecule has 0 spiro atoms. The molecule has 3 aromatic carbocycles. The van der Waals surface area contributed by atoms with Crippen molar-refractivity contribution < 1.29 is 13.2 Å². The molecule has 0 radical (unpaired) electrons. The molecule has 4 aromatic rings. The van der Waals surface area contributed by atoms with Crippen LogP contribution in [0.25, 0.3) is 33.2 Å². The summed E-state index contributed by atoms with van der Waals surface area (Å²) in [7, 11) is 0. The molecule has 4 rings (SSSR count). The molecule has 0 aliphatic carbocycles. The zero-order chi connectivity index (χ0) is 19.7. The number of benzene rings is 3. The van der Waals surface area contributed by atoms with E-state index in [0.29, 0.717) is 10.9 Å². The predicted octanol–water partition coefficient (Wildman–Crippen LogP) is 7.31. The van der Waals surface area contributed by atoms with Crippen molar-refractivity contribution in [3.63, 3.8) is 0 Å². The minimum absolute atomic E-state index is 0.498. The molecule has 0 saturated heterocycles. The lowest BCUT2D eigenvalue weighted by Gasteiger charge is -2.18. The number of pyridine rings is 1. The summed E-state index contributed by atoms with van der Waals surface area (Å²) in [5.41, 5.74) is 3.30. The lowest BCUT2D eigenvalue weighted by molar-refractivity contribution is -0.137. The third-order valence-corrected chi connectivity index (χ3v) is 5.28. The van der Waals surface area contributed by atoms with Crippen molar-refractivity contribution in [2.24, 2.45) is 0 Å². The molecule has 0 saturated carbocycles. The van der Waals surface area contributed by atoms with Crippen molar-refractivity contribution in [2.45, 2.75) is 11.2 Å². The number of alkyl halides is 3. The van der Waals surface area contributed by atoms with Gasteiger partial charge in [0, 0.05) is 16.5 Å². The van der Waals surface area contributed by atoms with Crippen LogP contribution in [0.3, 0.4) is 0 Å². The second-order valence-electron chi connectivity index (χ2n) is 6.33. The van der Waals surface area contributed by atoms with Gasteiger partial charge in [0.25, 0.3) is 0 Å². The number of fused-ring (bicyclic) bond motifs is 1. The molecule has 28 heavy (non-hydrogen) atoms. The fourth-order valence-electron chi connectivity index (χ4n) is 3.34. The molecule has 0 atom stereocenters. The van der Waals surface area contributed by atoms with Crippen LogP contribution in [0.2, 0.25) is 0 Å². The highest BCUT2D eigenvalue weighted by Crippen LogP contribution is 2.43. The SMILES string of the molecule is CSc1nc2ccc(C(F)(F)F)cc2c(-c2ccccc2)c1-c1ccccc1. The maximum Gasteiger partial charge on any atom is 0.416 e. The van der Waals surface area contributed by atoms with Crippen LogP contribution in [0.15, 0.2) is 83.9 Å². The van der Waals surface area contributed by atoms with E-state index in [0.717, 1.165) is 33.3 Å². The summed E-state index contributed by atoms with van der Waals surface area (Å²) in [6, 6.07) is 23.0. The number of halogens is 3. The number of hydrogen-bond donors (Lipinski definition) is 0. The predicted molar refractivity (Wildman–Crippen MR) is 109 cm³/mol. The Morgan fingerprint density at radius 2 is 1.32 bits per heavy atom. The van der Waals surface area contributed by atoms with Gasteiger partial charge in [-0.05, 0) is 35.6 Å². The standard InChI is InChI=1S/C23H16F3NS/c1-28-22-21(16-10-6-3-7-11-16)20(15-8-4-2-5-9-15)18-14-17(23(24,25)26)12-13-19(18)27-22/h2-14H,1H3. The highest BCUT2D eigenvalue weighted by Gasteiger charge is 2.31. The number of thioether (sulfide) groups is 1. The van der Waals surface area contributed by atoms with Gasteiger partial charge in [0.1, 0.15) is 5.03 Å². The van der Waals surface area contributed by atoms with Crippen LogP contribution in [0, 0.1) is 0 Å². The molecule has 1 aromatic heterocycles. The average Bonchev–Trinajstić information content (AvgIpc) is 2.72. The Bertz CT molecular complexity index is 1120. The monoisotopic (exact) mass is 395 g/mol. The first-order chi connectivity index (χ1) is 13.5. The van der Waals surface area contributed by atoms with E-state index >= 15 is 0 Å². The van der Waals surface area contributed by atoms with Crippen molar-refractivity contribution in [3.05, 3.63) is 84.4 Å². The van der Waals surface area contributed by atoms with Crippen molar-refractivity contribution in [2.75, 3.05) is 6.26 Å². The molecule has 140 valence electrons. The minimum atomic E-state index is -4.41. The summed E-state index contributed by atoms with van der Waals surface area (Å²) in [5.74, 6) is 0. The normalized spacial score (nSPS) is 11.7. The summed E-state index contributed by atoms with van der Waals surface area (Å²) in [6.07, 6.45) is -2.48. The molecule has 0 aliphatic rings. The van der Waals surface area contributed by atoms with Crippen LogP contribution >= 0.6 is 11.8 Å². The van der Waals surface area contributed by atoms with E-state index in [1.807, 2.05) is 66.9 Å². The maximum atomic E-state index is 13.4. The lowest BCUT2D eigenvalue weighted by Crippen LogP contribution is -2.05. The molecule has 0 bridgehead atoms. The van der Waals surface area contributed by atoms with Gasteiger partial charge in [0.05, 0.1) is 11.1 Å². The van der Waals surface area contributed by atoms with Gasteiger partial charge < -0.3 is 0 Å². The molecular weight excluding hydrogens is 379 g/mol. The summed E-state index contributed by atoms with van der Waals surface area (Å²) < 4.78 is 40.2. The Hall–Kier alpha value is -2.79. The van der Waals surface area contributed by atoms with E-state index in [1.54, 1.807) is 0 Å². The van der Waals surface area contributed by atoms with Crippen LogP contribution in [0.4, 0.5) is 13.2 Å². The van der Waals surface area contributed by atoms with Gasteiger partial charge in [-0.1, -0.05) is 60.7 Å². The van der Waals surface area contributed by atoms with Crippen LogP contribution in [-0.2, 0) is 6.18 Å². The fraction of sp³-hybridized carbons (Fsp3) is 0.0870.